The Balaban J connectivity index is 0.000000345. The van der Waals surface area contributed by atoms with E-state index in [1.807, 2.05) is 0 Å². The number of carboxylic acids is 1. The lowest BCUT2D eigenvalue weighted by Crippen LogP contribution is -2.50. The third-order valence-electron chi connectivity index (χ3n) is 4.11. The Morgan fingerprint density at radius 3 is 2.64 bits per heavy atom. The van der Waals surface area contributed by atoms with E-state index in [2.05, 4.69) is 10.3 Å². The molecule has 2 aliphatic heterocycles. The minimum atomic E-state index is -5.08. The van der Waals surface area contributed by atoms with Crippen molar-refractivity contribution >= 4 is 21.9 Å². The lowest BCUT2D eigenvalue weighted by atomic mass is 9.94. The summed E-state index contributed by atoms with van der Waals surface area (Å²) in [6, 6.07) is 3.12. The number of nitrogens with zero attached hydrogens (tertiary/aromatic N) is 2. The zero-order chi connectivity index (χ0) is 20.9. The molecular formula is C15H18F3N3O6S. The van der Waals surface area contributed by atoms with Crippen molar-refractivity contribution in [3.05, 3.63) is 24.5 Å². The summed E-state index contributed by atoms with van der Waals surface area (Å²) in [7, 11) is -3.58. The fourth-order valence-electron chi connectivity index (χ4n) is 2.74. The molecule has 1 amide bonds. The highest BCUT2D eigenvalue weighted by molar-refractivity contribution is 7.89. The number of carbonyl (C=O) groups is 2. The second kappa shape index (κ2) is 8.84. The molecule has 0 saturated carbocycles. The molecule has 13 heteroatoms. The van der Waals surface area contributed by atoms with Crippen molar-refractivity contribution in [3.8, 4) is 0 Å². The summed E-state index contributed by atoms with van der Waals surface area (Å²) in [4.78, 5) is 24.8. The molecule has 3 rings (SSSR count). The van der Waals surface area contributed by atoms with E-state index < -0.39 is 22.2 Å². The van der Waals surface area contributed by atoms with Crippen molar-refractivity contribution in [3.63, 3.8) is 0 Å². The van der Waals surface area contributed by atoms with Crippen LogP contribution in [-0.2, 0) is 24.3 Å². The number of piperidine rings is 1. The smallest absolute Gasteiger partial charge is 0.475 e. The van der Waals surface area contributed by atoms with Crippen LogP contribution in [0.4, 0.5) is 13.2 Å². The summed E-state index contributed by atoms with van der Waals surface area (Å²) in [5.74, 6) is -3.07. The van der Waals surface area contributed by atoms with E-state index in [0.29, 0.717) is 26.1 Å². The number of ether oxygens (including phenoxy) is 1. The Bertz CT molecular complexity index is 803. The van der Waals surface area contributed by atoms with Gasteiger partial charge in [0.2, 0.25) is 15.9 Å². The molecule has 3 heterocycles. The molecule has 2 N–H and O–H groups in total. The van der Waals surface area contributed by atoms with E-state index in [1.54, 1.807) is 6.07 Å². The van der Waals surface area contributed by atoms with Gasteiger partial charge in [0, 0.05) is 32.0 Å². The number of aliphatic carboxylic acids is 1. The lowest BCUT2D eigenvalue weighted by molar-refractivity contribution is -0.192. The number of pyridine rings is 1. The summed E-state index contributed by atoms with van der Waals surface area (Å²) in [5.41, 5.74) is 0. The van der Waals surface area contributed by atoms with Gasteiger partial charge < -0.3 is 15.2 Å². The predicted octanol–water partition coefficient (Wildman–Crippen LogP) is 0.240. The molecule has 156 valence electrons. The Hall–Kier alpha value is -2.25. The summed E-state index contributed by atoms with van der Waals surface area (Å²) in [6.45, 7) is 1.40. The number of alkyl halides is 3. The van der Waals surface area contributed by atoms with Gasteiger partial charge >= 0.3 is 12.1 Å². The van der Waals surface area contributed by atoms with Gasteiger partial charge in [0.15, 0.2) is 0 Å². The largest absolute Gasteiger partial charge is 0.490 e. The molecule has 0 aliphatic carbocycles. The van der Waals surface area contributed by atoms with Gasteiger partial charge in [-0.15, -0.1) is 0 Å². The molecule has 2 atom stereocenters. The first kappa shape index (κ1) is 22.0. The van der Waals surface area contributed by atoms with Crippen LogP contribution in [-0.4, -0.2) is 73.2 Å². The predicted molar refractivity (Wildman–Crippen MR) is 87.5 cm³/mol. The molecule has 2 aliphatic rings. The molecule has 9 nitrogen and oxygen atoms in total. The van der Waals surface area contributed by atoms with Crippen LogP contribution in [0.1, 0.15) is 6.42 Å². The molecule has 28 heavy (non-hydrogen) atoms. The molecule has 0 radical (unpaired) electrons. The van der Waals surface area contributed by atoms with Crippen LogP contribution >= 0.6 is 0 Å². The molecule has 0 spiro atoms. The first-order chi connectivity index (χ1) is 13.0. The Kier molecular flexibility index (Phi) is 6.96. The van der Waals surface area contributed by atoms with Gasteiger partial charge in [-0.1, -0.05) is 0 Å². The summed E-state index contributed by atoms with van der Waals surface area (Å²) in [6.07, 6.45) is -2.13. The van der Waals surface area contributed by atoms with Crippen LogP contribution < -0.4 is 5.32 Å². The minimum Gasteiger partial charge on any atom is -0.475 e. The Labute approximate surface area is 158 Å². The average Bonchev–Trinajstić information content (AvgIpc) is 2.83. The number of halogens is 3. The van der Waals surface area contributed by atoms with Crippen molar-refractivity contribution in [2.24, 2.45) is 5.92 Å². The minimum absolute atomic E-state index is 0.0454. The quantitative estimate of drug-likeness (QED) is 0.695. The maximum atomic E-state index is 12.6. The number of nitrogens with one attached hydrogen (secondary N) is 1. The van der Waals surface area contributed by atoms with Crippen LogP contribution in [0.3, 0.4) is 0 Å². The van der Waals surface area contributed by atoms with Crippen molar-refractivity contribution in [1.82, 2.24) is 14.6 Å². The summed E-state index contributed by atoms with van der Waals surface area (Å²) < 4.78 is 63.9. The molecule has 1 aromatic heterocycles. The van der Waals surface area contributed by atoms with E-state index in [4.69, 9.17) is 14.6 Å². The zero-order valence-electron chi connectivity index (χ0n) is 14.4. The molecule has 1 aromatic rings. The highest BCUT2D eigenvalue weighted by Crippen LogP contribution is 2.26. The van der Waals surface area contributed by atoms with E-state index in [9.17, 15) is 26.4 Å². The normalized spacial score (nSPS) is 23.5. The van der Waals surface area contributed by atoms with Gasteiger partial charge in [-0.05, 0) is 18.6 Å². The molecule has 2 saturated heterocycles. The number of amides is 1. The summed E-state index contributed by atoms with van der Waals surface area (Å²) >= 11 is 0. The van der Waals surface area contributed by atoms with Crippen LogP contribution in [0.5, 0.6) is 0 Å². The Morgan fingerprint density at radius 1 is 1.39 bits per heavy atom. The maximum Gasteiger partial charge on any atom is 0.490 e. The van der Waals surface area contributed by atoms with Crippen molar-refractivity contribution in [1.29, 1.82) is 0 Å². The van der Waals surface area contributed by atoms with Crippen LogP contribution in [0, 0.1) is 5.92 Å². The number of carboxylic acid groups (broad SMARTS) is 1. The third-order valence-corrected chi connectivity index (χ3v) is 5.96. The van der Waals surface area contributed by atoms with Gasteiger partial charge in [-0.25, -0.2) is 13.2 Å². The molecule has 2 fully saturated rings. The van der Waals surface area contributed by atoms with E-state index in [-0.39, 0.29) is 29.4 Å². The zero-order valence-corrected chi connectivity index (χ0v) is 15.2. The number of hydrogen-bond donors (Lipinski definition) is 2. The van der Waals surface area contributed by atoms with Gasteiger partial charge in [-0.2, -0.15) is 17.5 Å². The number of rotatable bonds is 2. The van der Waals surface area contributed by atoms with E-state index >= 15 is 0 Å². The lowest BCUT2D eigenvalue weighted by Gasteiger charge is -2.35. The Morgan fingerprint density at radius 2 is 2.07 bits per heavy atom. The first-order valence-corrected chi connectivity index (χ1v) is 9.57. The van der Waals surface area contributed by atoms with Crippen molar-refractivity contribution in [2.45, 2.75) is 23.6 Å². The number of sulfonamides is 1. The highest BCUT2D eigenvalue weighted by Gasteiger charge is 2.40. The second-order valence-electron chi connectivity index (χ2n) is 5.95. The SMILES string of the molecule is O=C(O)C(F)(F)F.O=C1NCCO[C@H]2CN(S(=O)(=O)c3cccnc3)CC[C@@H]12. The number of fused-ring (bicyclic) bond motifs is 1. The standard InChI is InChI=1S/C13H17N3O4S.C2HF3O2/c17-13-11-3-6-16(9-12(11)20-7-5-15-13)21(18,19)10-2-1-4-14-8-10;3-2(4,5)1(6)7/h1-2,4,8,11-12H,3,5-7,9H2,(H,15,17);(H,6,7)/t11-,12+;/m1./s1. The fraction of sp³-hybridized carbons (Fsp3) is 0.533. The topological polar surface area (TPSA) is 126 Å². The van der Waals surface area contributed by atoms with Gasteiger partial charge in [0.25, 0.3) is 0 Å². The van der Waals surface area contributed by atoms with Crippen LogP contribution in [0.15, 0.2) is 29.4 Å². The second-order valence-corrected chi connectivity index (χ2v) is 7.89. The molecule has 0 aromatic carbocycles. The number of aromatic nitrogens is 1. The molecule has 0 unspecified atom stereocenters. The average molecular weight is 425 g/mol. The number of hydrogen-bond acceptors (Lipinski definition) is 6. The van der Waals surface area contributed by atoms with E-state index in [0.717, 1.165) is 0 Å². The first-order valence-electron chi connectivity index (χ1n) is 8.13. The van der Waals surface area contributed by atoms with Crippen molar-refractivity contribution < 1.29 is 41.0 Å². The van der Waals surface area contributed by atoms with Crippen molar-refractivity contribution in [2.75, 3.05) is 26.2 Å². The van der Waals surface area contributed by atoms with Gasteiger partial charge in [0.05, 0.1) is 18.6 Å². The summed E-state index contributed by atoms with van der Waals surface area (Å²) in [5, 5.41) is 9.91. The van der Waals surface area contributed by atoms with Crippen LogP contribution in [0.2, 0.25) is 0 Å². The highest BCUT2D eigenvalue weighted by atomic mass is 32.2. The maximum absolute atomic E-state index is 12.6. The van der Waals surface area contributed by atoms with E-state index in [1.165, 1.54) is 22.8 Å². The fourth-order valence-corrected chi connectivity index (χ4v) is 4.17. The van der Waals surface area contributed by atoms with Gasteiger partial charge in [0.1, 0.15) is 4.90 Å². The monoisotopic (exact) mass is 425 g/mol. The third kappa shape index (κ3) is 5.39. The molecule has 0 bridgehead atoms. The van der Waals surface area contributed by atoms with Gasteiger partial charge in [-0.3, -0.25) is 9.78 Å². The molecular weight excluding hydrogens is 407 g/mol. The number of carbonyl (C=O) groups excluding carboxylic acids is 1. The van der Waals surface area contributed by atoms with Crippen LogP contribution in [0.25, 0.3) is 0 Å².